The molecule has 3 heterocycles. The number of nitrogens with zero attached hydrogens (tertiary/aromatic N) is 3. The summed E-state index contributed by atoms with van der Waals surface area (Å²) in [7, 11) is 0. The second kappa shape index (κ2) is 5.96. The van der Waals surface area contributed by atoms with Crippen LogP contribution in [0.15, 0.2) is 36.8 Å². The van der Waals surface area contributed by atoms with Crippen LogP contribution >= 0.6 is 0 Å². The molecule has 0 radical (unpaired) electrons. The fourth-order valence-corrected chi connectivity index (χ4v) is 2.49. The third-order valence-electron chi connectivity index (χ3n) is 3.47. The van der Waals surface area contributed by atoms with Crippen LogP contribution in [0, 0.1) is 6.92 Å². The summed E-state index contributed by atoms with van der Waals surface area (Å²) in [6.07, 6.45) is 7.49. The lowest BCUT2D eigenvalue weighted by molar-refractivity contribution is 0.00541. The molecule has 0 saturated carbocycles. The smallest absolute Gasteiger partial charge is 0.223 e. The van der Waals surface area contributed by atoms with Gasteiger partial charge in [0.05, 0.1) is 6.04 Å². The van der Waals surface area contributed by atoms with Gasteiger partial charge in [0, 0.05) is 30.9 Å². The lowest BCUT2D eigenvalue weighted by atomic mass is 9.97. The van der Waals surface area contributed by atoms with Crippen molar-refractivity contribution in [3.8, 4) is 0 Å². The van der Waals surface area contributed by atoms with E-state index in [-0.39, 0.29) is 12.1 Å². The molecule has 0 amide bonds. The number of anilines is 1. The van der Waals surface area contributed by atoms with Gasteiger partial charge in [0.2, 0.25) is 5.95 Å². The van der Waals surface area contributed by atoms with Gasteiger partial charge in [0.1, 0.15) is 6.10 Å². The van der Waals surface area contributed by atoms with Gasteiger partial charge in [-0.2, -0.15) is 0 Å². The molecule has 1 fully saturated rings. The van der Waals surface area contributed by atoms with E-state index in [1.165, 1.54) is 0 Å². The van der Waals surface area contributed by atoms with Crippen molar-refractivity contribution in [3.05, 3.63) is 48.0 Å². The molecule has 2 aromatic heterocycles. The van der Waals surface area contributed by atoms with E-state index in [1.54, 1.807) is 18.6 Å². The molecule has 5 nitrogen and oxygen atoms in total. The maximum atomic E-state index is 5.93. The van der Waals surface area contributed by atoms with Crippen LogP contribution in [0.5, 0.6) is 0 Å². The monoisotopic (exact) mass is 270 g/mol. The van der Waals surface area contributed by atoms with E-state index in [1.807, 2.05) is 25.1 Å². The Morgan fingerprint density at radius 2 is 2.05 bits per heavy atom. The lowest BCUT2D eigenvalue weighted by Crippen LogP contribution is -2.34. The quantitative estimate of drug-likeness (QED) is 0.928. The molecule has 1 saturated heterocycles. The topological polar surface area (TPSA) is 59.9 Å². The average Bonchev–Trinajstić information content (AvgIpc) is 2.49. The predicted octanol–water partition coefficient (Wildman–Crippen LogP) is 2.51. The van der Waals surface area contributed by atoms with Crippen molar-refractivity contribution in [2.45, 2.75) is 31.9 Å². The molecular formula is C15H18N4O. The van der Waals surface area contributed by atoms with Crippen LogP contribution in [0.2, 0.25) is 0 Å². The van der Waals surface area contributed by atoms with Crippen molar-refractivity contribution in [2.75, 3.05) is 11.9 Å². The van der Waals surface area contributed by atoms with Crippen LogP contribution in [0.25, 0.3) is 0 Å². The van der Waals surface area contributed by atoms with E-state index >= 15 is 0 Å². The maximum absolute atomic E-state index is 5.93. The number of aryl methyl sites for hydroxylation is 1. The van der Waals surface area contributed by atoms with Gasteiger partial charge >= 0.3 is 0 Å². The molecule has 0 aliphatic carbocycles. The fraction of sp³-hybridized carbons (Fsp3) is 0.400. The Bertz CT molecular complexity index is 561. The molecule has 1 aliphatic heterocycles. The highest BCUT2D eigenvalue weighted by molar-refractivity contribution is 5.29. The Morgan fingerprint density at radius 3 is 2.85 bits per heavy atom. The number of aromatic nitrogens is 3. The van der Waals surface area contributed by atoms with Gasteiger partial charge in [-0.15, -0.1) is 0 Å². The first-order valence-electron chi connectivity index (χ1n) is 6.90. The number of ether oxygens (including phenoxy) is 1. The molecule has 1 aliphatic rings. The molecule has 20 heavy (non-hydrogen) atoms. The maximum Gasteiger partial charge on any atom is 0.223 e. The highest BCUT2D eigenvalue weighted by Gasteiger charge is 2.27. The third kappa shape index (κ3) is 2.93. The van der Waals surface area contributed by atoms with Crippen LogP contribution < -0.4 is 5.32 Å². The van der Waals surface area contributed by atoms with Gasteiger partial charge in [0.25, 0.3) is 0 Å². The van der Waals surface area contributed by atoms with Gasteiger partial charge in [-0.25, -0.2) is 9.97 Å². The van der Waals surface area contributed by atoms with Crippen LogP contribution in [-0.2, 0) is 4.74 Å². The van der Waals surface area contributed by atoms with E-state index in [0.717, 1.165) is 30.7 Å². The number of hydrogen-bond donors (Lipinski definition) is 1. The van der Waals surface area contributed by atoms with Crippen molar-refractivity contribution >= 4 is 5.95 Å². The number of nitrogens with one attached hydrogen (secondary N) is 1. The van der Waals surface area contributed by atoms with Gasteiger partial charge in [-0.3, -0.25) is 4.98 Å². The summed E-state index contributed by atoms with van der Waals surface area (Å²) >= 11 is 0. The number of rotatable bonds is 3. The van der Waals surface area contributed by atoms with Crippen LogP contribution in [-0.4, -0.2) is 27.6 Å². The molecule has 0 bridgehead atoms. The van der Waals surface area contributed by atoms with E-state index in [0.29, 0.717) is 5.95 Å². The molecule has 3 rings (SSSR count). The van der Waals surface area contributed by atoms with E-state index in [9.17, 15) is 0 Å². The Kier molecular flexibility index (Phi) is 3.87. The molecular weight excluding hydrogens is 252 g/mol. The van der Waals surface area contributed by atoms with Gasteiger partial charge in [-0.1, -0.05) is 0 Å². The second-order valence-corrected chi connectivity index (χ2v) is 4.99. The molecule has 104 valence electrons. The van der Waals surface area contributed by atoms with Crippen molar-refractivity contribution in [2.24, 2.45) is 0 Å². The van der Waals surface area contributed by atoms with E-state index in [4.69, 9.17) is 4.74 Å². The molecule has 1 N–H and O–H groups in total. The first-order chi connectivity index (χ1) is 9.83. The molecule has 5 heteroatoms. The van der Waals surface area contributed by atoms with Crippen molar-refractivity contribution < 1.29 is 4.74 Å². The first-order valence-corrected chi connectivity index (χ1v) is 6.90. The standard InChI is InChI=1S/C15H18N4O/c1-11-4-9-17-15(18-11)19-13-3-2-10-20-14(13)12-5-7-16-8-6-12/h4-9,13-14H,2-3,10H2,1H3,(H,17,18,19)/t13-,14+/m0/s1. The zero-order valence-electron chi connectivity index (χ0n) is 11.5. The summed E-state index contributed by atoms with van der Waals surface area (Å²) in [6, 6.07) is 6.08. The van der Waals surface area contributed by atoms with Gasteiger partial charge in [-0.05, 0) is 43.5 Å². The van der Waals surface area contributed by atoms with E-state index < -0.39 is 0 Å². The molecule has 0 unspecified atom stereocenters. The van der Waals surface area contributed by atoms with Crippen LogP contribution in [0.3, 0.4) is 0 Å². The third-order valence-corrected chi connectivity index (χ3v) is 3.47. The summed E-state index contributed by atoms with van der Waals surface area (Å²) in [5, 5.41) is 3.40. The summed E-state index contributed by atoms with van der Waals surface area (Å²) in [6.45, 7) is 2.75. The first kappa shape index (κ1) is 13.0. The Hall–Kier alpha value is -2.01. The van der Waals surface area contributed by atoms with Crippen LogP contribution in [0.1, 0.15) is 30.2 Å². The number of hydrogen-bond acceptors (Lipinski definition) is 5. The van der Waals surface area contributed by atoms with Crippen molar-refractivity contribution in [1.82, 2.24) is 15.0 Å². The average molecular weight is 270 g/mol. The highest BCUT2D eigenvalue weighted by atomic mass is 16.5. The Morgan fingerprint density at radius 1 is 1.20 bits per heavy atom. The zero-order valence-corrected chi connectivity index (χ0v) is 11.5. The van der Waals surface area contributed by atoms with Gasteiger partial charge in [0.15, 0.2) is 0 Å². The van der Waals surface area contributed by atoms with E-state index in [2.05, 4.69) is 20.3 Å². The zero-order chi connectivity index (χ0) is 13.8. The minimum Gasteiger partial charge on any atom is -0.371 e. The Labute approximate surface area is 118 Å². The normalized spacial score (nSPS) is 22.4. The molecule has 0 aromatic carbocycles. The van der Waals surface area contributed by atoms with Crippen molar-refractivity contribution in [3.63, 3.8) is 0 Å². The van der Waals surface area contributed by atoms with Crippen LogP contribution in [0.4, 0.5) is 5.95 Å². The fourth-order valence-electron chi connectivity index (χ4n) is 2.49. The second-order valence-electron chi connectivity index (χ2n) is 4.99. The molecule has 2 atom stereocenters. The largest absolute Gasteiger partial charge is 0.371 e. The summed E-state index contributed by atoms with van der Waals surface area (Å²) in [5.41, 5.74) is 2.10. The number of pyridine rings is 1. The SMILES string of the molecule is Cc1ccnc(N[C@H]2CCCO[C@@H]2c2ccncc2)n1. The van der Waals surface area contributed by atoms with Crippen molar-refractivity contribution in [1.29, 1.82) is 0 Å². The van der Waals surface area contributed by atoms with Gasteiger partial charge < -0.3 is 10.1 Å². The minimum atomic E-state index is 0.0239. The molecule has 2 aromatic rings. The summed E-state index contributed by atoms with van der Waals surface area (Å²) in [4.78, 5) is 12.7. The highest BCUT2D eigenvalue weighted by Crippen LogP contribution is 2.29. The minimum absolute atomic E-state index is 0.0239. The summed E-state index contributed by atoms with van der Waals surface area (Å²) in [5.74, 6) is 0.666. The summed E-state index contributed by atoms with van der Waals surface area (Å²) < 4.78 is 5.93. The predicted molar refractivity (Wildman–Crippen MR) is 76.3 cm³/mol. The molecule has 0 spiro atoms. The lowest BCUT2D eigenvalue weighted by Gasteiger charge is -2.32. The Balaban J connectivity index is 1.79.